The normalized spacial score (nSPS) is 8.16. The lowest BCUT2D eigenvalue weighted by Gasteiger charge is -1.60. The van der Waals surface area contributed by atoms with Crippen LogP contribution in [0.25, 0.3) is 0 Å². The molecule has 0 bridgehead atoms. The Hall–Kier alpha value is -1.99. The molecule has 0 spiro atoms. The molecule has 0 fully saturated rings. The van der Waals surface area contributed by atoms with Crippen molar-refractivity contribution in [3.05, 3.63) is 105 Å². The van der Waals surface area contributed by atoms with Crippen LogP contribution >= 0.6 is 49.1 Å². The minimum Gasteiger partial charge on any atom is -0.245 e. The molecular weight excluding hydrogens is 390 g/mol. The van der Waals surface area contributed by atoms with Gasteiger partial charge in [-0.05, 0) is 36.4 Å². The van der Waals surface area contributed by atoms with E-state index in [1.807, 2.05) is 54.6 Å². The van der Waals surface area contributed by atoms with Crippen LogP contribution in [0.4, 0.5) is 0 Å². The van der Waals surface area contributed by atoms with Crippen molar-refractivity contribution in [2.75, 3.05) is 0 Å². The summed E-state index contributed by atoms with van der Waals surface area (Å²) in [4.78, 5) is 11.6. The second-order valence-corrected chi connectivity index (χ2v) is 5.34. The van der Waals surface area contributed by atoms with E-state index in [9.17, 15) is 0 Å². The zero-order valence-corrected chi connectivity index (χ0v) is 16.4. The molecule has 7 heteroatoms. The average molecular weight is 406 g/mol. The van der Waals surface area contributed by atoms with E-state index in [1.165, 1.54) is 0 Å². The molecule has 0 saturated heterocycles. The van der Waals surface area contributed by atoms with Crippen molar-refractivity contribution in [1.82, 2.24) is 15.0 Å². The zero-order valence-electron chi connectivity index (χ0n) is 13.1. The van der Waals surface area contributed by atoms with Gasteiger partial charge in [-0.3, -0.25) is 0 Å². The summed E-state index contributed by atoms with van der Waals surface area (Å²) < 4.78 is 1.90. The number of aromatic nitrogens is 3. The Bertz CT molecular complexity index is 725. The third kappa shape index (κ3) is 14.1. The van der Waals surface area contributed by atoms with Crippen LogP contribution in [0.15, 0.2) is 91.4 Å². The topological polar surface area (TPSA) is 38.7 Å². The van der Waals surface area contributed by atoms with Crippen molar-refractivity contribution in [2.24, 2.45) is 0 Å². The highest BCUT2D eigenvalue weighted by Gasteiger charge is 1.68. The Morgan fingerprint density at radius 3 is 1.00 bits per heavy atom. The molecule has 0 amide bonds. The molecule has 0 aliphatic rings. The lowest BCUT2D eigenvalue weighted by atomic mass is 10.5. The first-order chi connectivity index (χ1) is 11.7. The maximum atomic E-state index is 4.77. The predicted molar refractivity (Wildman–Crippen MR) is 112 cm³/mol. The molecule has 128 valence electrons. The van der Waals surface area contributed by atoms with Crippen LogP contribution < -0.4 is 0 Å². The first-order valence-electron chi connectivity index (χ1n) is 6.92. The highest BCUT2D eigenvalue weighted by molar-refractivity contribution is 7.71. The number of hydrogen-bond acceptors (Lipinski definition) is 6. The van der Waals surface area contributed by atoms with Crippen molar-refractivity contribution in [3.8, 4) is 0 Å². The van der Waals surface area contributed by atoms with Crippen LogP contribution in [0.2, 0.25) is 0 Å². The van der Waals surface area contributed by atoms with E-state index in [4.69, 9.17) is 36.7 Å². The first-order valence-corrected chi connectivity index (χ1v) is 8.15. The lowest BCUT2D eigenvalue weighted by molar-refractivity contribution is 1.34. The number of halogens is 1. The van der Waals surface area contributed by atoms with Gasteiger partial charge in [0.15, 0.2) is 0 Å². The molecule has 0 radical (unpaired) electrons. The van der Waals surface area contributed by atoms with E-state index in [1.54, 1.807) is 36.8 Å². The van der Waals surface area contributed by atoms with Gasteiger partial charge in [0, 0.05) is 18.6 Å². The van der Waals surface area contributed by atoms with Gasteiger partial charge >= 0.3 is 0 Å². The summed E-state index contributed by atoms with van der Waals surface area (Å²) in [6.45, 7) is 0. The predicted octanol–water partition coefficient (Wildman–Crippen LogP) is 5.86. The summed E-state index contributed by atoms with van der Waals surface area (Å²) >= 11 is 14.3. The third-order valence-electron chi connectivity index (χ3n) is 2.25. The summed E-state index contributed by atoms with van der Waals surface area (Å²) in [5, 5.41) is 0. The van der Waals surface area contributed by atoms with Gasteiger partial charge in [-0.15, -0.1) is 12.4 Å². The smallest absolute Gasteiger partial charge is 0.126 e. The molecule has 3 heterocycles. The fraction of sp³-hybridized carbons (Fsp3) is 0. The maximum Gasteiger partial charge on any atom is 0.126 e. The molecule has 3 aromatic rings. The highest BCUT2D eigenvalue weighted by Crippen LogP contribution is 1.82. The van der Waals surface area contributed by atoms with Crippen molar-refractivity contribution in [2.45, 2.75) is 0 Å². The standard InChI is InChI=1S/3C6H5NS.ClH/c3*8-6-4-2-1-3-5-7-6;/h3*1-5H;1H. The molecule has 25 heavy (non-hydrogen) atoms. The molecule has 0 unspecified atom stereocenters. The monoisotopic (exact) mass is 405 g/mol. The minimum absolute atomic E-state index is 0. The zero-order chi connectivity index (χ0) is 17.5. The molecule has 3 nitrogen and oxygen atoms in total. The molecule has 3 aromatic heterocycles. The Kier molecular flexibility index (Phi) is 14.3. The molecular formula is C18H16ClN3S3. The van der Waals surface area contributed by atoms with Gasteiger partial charge in [0.1, 0.15) is 13.9 Å². The van der Waals surface area contributed by atoms with Gasteiger partial charge in [-0.1, -0.05) is 73.1 Å². The van der Waals surface area contributed by atoms with E-state index in [0.717, 1.165) is 0 Å². The fourth-order valence-electron chi connectivity index (χ4n) is 1.23. The second kappa shape index (κ2) is 15.5. The summed E-state index contributed by atoms with van der Waals surface area (Å²) in [7, 11) is 0. The first kappa shape index (κ1) is 23.0. The molecule has 0 N–H and O–H groups in total. The van der Waals surface area contributed by atoms with Crippen molar-refractivity contribution >= 4 is 49.1 Å². The van der Waals surface area contributed by atoms with Gasteiger partial charge in [-0.2, -0.15) is 0 Å². The van der Waals surface area contributed by atoms with Gasteiger partial charge in [0.2, 0.25) is 0 Å². The highest BCUT2D eigenvalue weighted by atomic mass is 35.5. The fourth-order valence-corrected chi connectivity index (χ4v) is 1.65. The number of nitrogens with zero attached hydrogens (tertiary/aromatic N) is 3. The summed E-state index contributed by atoms with van der Waals surface area (Å²) in [6, 6.07) is 22.2. The Labute approximate surface area is 168 Å². The maximum absolute atomic E-state index is 4.77. The van der Waals surface area contributed by atoms with Gasteiger partial charge in [0.05, 0.1) is 0 Å². The molecule has 0 aromatic carbocycles. The molecule has 0 aliphatic heterocycles. The molecule has 0 atom stereocenters. The van der Waals surface area contributed by atoms with Crippen LogP contribution in [0.1, 0.15) is 0 Å². The average Bonchev–Trinajstić information content (AvgIpc) is 3.05. The summed E-state index contributed by atoms with van der Waals surface area (Å²) in [5.41, 5.74) is 0. The summed E-state index contributed by atoms with van der Waals surface area (Å²) in [5.74, 6) is 0. The van der Waals surface area contributed by atoms with Crippen LogP contribution in [0.5, 0.6) is 0 Å². The molecule has 0 aliphatic carbocycles. The Morgan fingerprint density at radius 1 is 0.440 bits per heavy atom. The van der Waals surface area contributed by atoms with Crippen LogP contribution in [0, 0.1) is 13.9 Å². The number of rotatable bonds is 0. The Morgan fingerprint density at radius 2 is 0.720 bits per heavy atom. The van der Waals surface area contributed by atoms with Gasteiger partial charge in [-0.25, -0.2) is 15.0 Å². The largest absolute Gasteiger partial charge is 0.245 e. The Balaban J connectivity index is 0.000000339. The molecule has 3 rings (SSSR count). The van der Waals surface area contributed by atoms with Crippen molar-refractivity contribution < 1.29 is 0 Å². The minimum atomic E-state index is 0. The second-order valence-electron chi connectivity index (χ2n) is 4.08. The number of hydrogen-bond donors (Lipinski definition) is 0. The quantitative estimate of drug-likeness (QED) is 0.436. The van der Waals surface area contributed by atoms with Gasteiger partial charge in [0.25, 0.3) is 0 Å². The van der Waals surface area contributed by atoms with Crippen LogP contribution in [0.3, 0.4) is 0 Å². The third-order valence-corrected chi connectivity index (χ3v) is 2.97. The SMILES string of the molecule is Cl.S=c1cccccn1.S=c1cccccn1.S=c1cccccn1. The van der Waals surface area contributed by atoms with Crippen molar-refractivity contribution in [3.63, 3.8) is 0 Å². The molecule has 0 saturated carbocycles. The van der Waals surface area contributed by atoms with Crippen LogP contribution in [-0.2, 0) is 0 Å². The van der Waals surface area contributed by atoms with E-state index in [0.29, 0.717) is 13.9 Å². The lowest BCUT2D eigenvalue weighted by Crippen LogP contribution is -1.56. The van der Waals surface area contributed by atoms with E-state index in [-0.39, 0.29) is 12.4 Å². The van der Waals surface area contributed by atoms with E-state index >= 15 is 0 Å². The summed E-state index contributed by atoms with van der Waals surface area (Å²) in [6.07, 6.45) is 5.05. The van der Waals surface area contributed by atoms with Gasteiger partial charge < -0.3 is 0 Å². The van der Waals surface area contributed by atoms with E-state index < -0.39 is 0 Å². The van der Waals surface area contributed by atoms with Crippen molar-refractivity contribution in [1.29, 1.82) is 0 Å². The van der Waals surface area contributed by atoms with Crippen LogP contribution in [-0.4, -0.2) is 15.0 Å². The van der Waals surface area contributed by atoms with E-state index in [2.05, 4.69) is 15.0 Å².